The third-order valence-corrected chi connectivity index (χ3v) is 6.71. The van der Waals surface area contributed by atoms with Crippen LogP contribution in [0.4, 0.5) is 10.1 Å². The minimum Gasteiger partial charge on any atom is -0.493 e. The number of aromatic hydroxyl groups is 1. The van der Waals surface area contributed by atoms with Crippen molar-refractivity contribution < 1.29 is 28.5 Å². The van der Waals surface area contributed by atoms with E-state index >= 15 is 0 Å². The van der Waals surface area contributed by atoms with Crippen molar-refractivity contribution >= 4 is 11.6 Å². The zero-order valence-corrected chi connectivity index (χ0v) is 23.3. The van der Waals surface area contributed by atoms with Crippen LogP contribution in [0.15, 0.2) is 77.6 Å². The largest absolute Gasteiger partial charge is 0.493 e. The van der Waals surface area contributed by atoms with E-state index in [2.05, 4.69) is 16.2 Å². The molecular formula is C32H32FN3O6. The summed E-state index contributed by atoms with van der Waals surface area (Å²) in [7, 11) is 1.60. The Morgan fingerprint density at radius 2 is 1.79 bits per heavy atom. The lowest BCUT2D eigenvalue weighted by atomic mass is 9.92. The lowest BCUT2D eigenvalue weighted by molar-refractivity contribution is -0.120. The molecule has 10 heteroatoms. The van der Waals surface area contributed by atoms with Gasteiger partial charge in [-0.2, -0.15) is 0 Å². The lowest BCUT2D eigenvalue weighted by Gasteiger charge is -2.25. The second kappa shape index (κ2) is 14.2. The van der Waals surface area contributed by atoms with E-state index in [4.69, 9.17) is 20.6 Å². The Balaban J connectivity index is 1.62. The Bertz CT molecular complexity index is 1590. The summed E-state index contributed by atoms with van der Waals surface area (Å²) >= 11 is 0. The standard InChI is InChI=1S/C32H32FN3O6/c1-4-22-10-15-27(26(33)20-22)34-30(37)29(21(2)23-8-6-5-7-9-23)36-31(38)28(35-32(36)39)24-11-13-25(14-12-24)42-19-18-41-17-16-40-3/h1,5-15,20-21,29,38H,16-19H2,2-3H3,(H,34,37)(H,35,39)/t21?,29-/m0/s1. The van der Waals surface area contributed by atoms with Gasteiger partial charge < -0.3 is 29.6 Å². The number of hydrogen-bond acceptors (Lipinski definition) is 6. The van der Waals surface area contributed by atoms with E-state index in [1.165, 1.54) is 12.1 Å². The SMILES string of the molecule is C#Cc1ccc(NC(=O)[C@H](C(C)c2ccccc2)n2c(O)c(-c3ccc(OCCOCCOC)cc3)[nH]c2=O)c(F)c1. The number of imidazole rings is 1. The van der Waals surface area contributed by atoms with Crippen molar-refractivity contribution in [3.8, 4) is 35.2 Å². The maximum atomic E-state index is 14.7. The molecule has 3 aromatic carbocycles. The summed E-state index contributed by atoms with van der Waals surface area (Å²) in [6, 6.07) is 18.5. The molecule has 0 aliphatic rings. The van der Waals surface area contributed by atoms with Gasteiger partial charge in [-0.15, -0.1) is 6.42 Å². The van der Waals surface area contributed by atoms with Gasteiger partial charge in [0, 0.05) is 24.2 Å². The molecule has 0 spiro atoms. The number of benzene rings is 3. The fourth-order valence-electron chi connectivity index (χ4n) is 4.50. The van der Waals surface area contributed by atoms with Crippen molar-refractivity contribution in [1.29, 1.82) is 0 Å². The van der Waals surface area contributed by atoms with Crippen LogP contribution in [-0.2, 0) is 14.3 Å². The average Bonchev–Trinajstić information content (AvgIpc) is 3.29. The normalized spacial score (nSPS) is 12.3. The molecular weight excluding hydrogens is 541 g/mol. The van der Waals surface area contributed by atoms with Crippen molar-refractivity contribution in [1.82, 2.24) is 9.55 Å². The van der Waals surface area contributed by atoms with Gasteiger partial charge in [-0.25, -0.2) is 13.8 Å². The number of anilines is 1. The molecule has 0 fully saturated rings. The summed E-state index contributed by atoms with van der Waals surface area (Å²) in [5, 5.41) is 13.8. The molecule has 1 heterocycles. The first kappa shape index (κ1) is 30.1. The number of carbonyl (C=O) groups is 1. The second-order valence-electron chi connectivity index (χ2n) is 9.45. The topological polar surface area (TPSA) is 115 Å². The molecule has 0 saturated heterocycles. The van der Waals surface area contributed by atoms with Gasteiger partial charge in [-0.05, 0) is 48.0 Å². The fraction of sp³-hybridized carbons (Fsp3) is 0.250. The van der Waals surface area contributed by atoms with Crippen LogP contribution in [0, 0.1) is 18.2 Å². The number of nitrogens with zero attached hydrogens (tertiary/aromatic N) is 1. The predicted molar refractivity (Wildman–Crippen MR) is 157 cm³/mol. The third kappa shape index (κ3) is 7.07. The molecule has 9 nitrogen and oxygen atoms in total. The number of H-pyrrole nitrogens is 1. The van der Waals surface area contributed by atoms with Gasteiger partial charge in [0.2, 0.25) is 11.8 Å². The van der Waals surface area contributed by atoms with Gasteiger partial charge in [-0.1, -0.05) is 43.2 Å². The quantitative estimate of drug-likeness (QED) is 0.158. The monoisotopic (exact) mass is 573 g/mol. The molecule has 3 N–H and O–H groups in total. The highest BCUT2D eigenvalue weighted by molar-refractivity contribution is 5.95. The molecule has 0 saturated carbocycles. The summed E-state index contributed by atoms with van der Waals surface area (Å²) < 4.78 is 31.7. The van der Waals surface area contributed by atoms with Gasteiger partial charge in [0.15, 0.2) is 0 Å². The minimum absolute atomic E-state index is 0.104. The van der Waals surface area contributed by atoms with Gasteiger partial charge >= 0.3 is 5.69 Å². The second-order valence-corrected chi connectivity index (χ2v) is 9.45. The maximum absolute atomic E-state index is 14.7. The maximum Gasteiger partial charge on any atom is 0.329 e. The van der Waals surface area contributed by atoms with Crippen molar-refractivity contribution in [2.24, 2.45) is 0 Å². The number of halogens is 1. The van der Waals surface area contributed by atoms with Crippen LogP contribution in [0.3, 0.4) is 0 Å². The number of aromatic nitrogens is 2. The van der Waals surface area contributed by atoms with Crippen molar-refractivity contribution in [2.45, 2.75) is 18.9 Å². The summed E-state index contributed by atoms with van der Waals surface area (Å²) in [5.74, 6) is 0.466. The number of aromatic amines is 1. The van der Waals surface area contributed by atoms with Gasteiger partial charge in [0.1, 0.15) is 29.9 Å². The van der Waals surface area contributed by atoms with Gasteiger partial charge in [0.05, 0.1) is 25.5 Å². The number of rotatable bonds is 13. The van der Waals surface area contributed by atoms with Gasteiger partial charge in [-0.3, -0.25) is 4.79 Å². The Morgan fingerprint density at radius 1 is 1.07 bits per heavy atom. The average molecular weight is 574 g/mol. The Morgan fingerprint density at radius 3 is 2.45 bits per heavy atom. The summed E-state index contributed by atoms with van der Waals surface area (Å²) in [6.45, 7) is 3.45. The number of nitrogens with one attached hydrogen (secondary N) is 2. The fourth-order valence-corrected chi connectivity index (χ4v) is 4.50. The third-order valence-electron chi connectivity index (χ3n) is 6.71. The molecule has 4 aromatic rings. The summed E-state index contributed by atoms with van der Waals surface area (Å²) in [5.41, 5.74) is 0.860. The van der Waals surface area contributed by atoms with Crippen LogP contribution in [0.25, 0.3) is 11.3 Å². The minimum atomic E-state index is -1.24. The summed E-state index contributed by atoms with van der Waals surface area (Å²) in [4.78, 5) is 29.6. The highest BCUT2D eigenvalue weighted by atomic mass is 19.1. The Hall–Kier alpha value is -4.85. The first-order chi connectivity index (χ1) is 20.3. The molecule has 42 heavy (non-hydrogen) atoms. The predicted octanol–water partition coefficient (Wildman–Crippen LogP) is 4.69. The molecule has 1 aromatic heterocycles. The molecule has 0 bridgehead atoms. The van der Waals surface area contributed by atoms with E-state index in [9.17, 15) is 19.1 Å². The number of terminal acetylenes is 1. The van der Waals surface area contributed by atoms with Crippen LogP contribution < -0.4 is 15.7 Å². The van der Waals surface area contributed by atoms with Crippen LogP contribution in [-0.4, -0.2) is 54.1 Å². The summed E-state index contributed by atoms with van der Waals surface area (Å²) in [6.07, 6.45) is 5.34. The Kier molecular flexibility index (Phi) is 10.2. The number of methoxy groups -OCH3 is 1. The van der Waals surface area contributed by atoms with E-state index in [1.807, 2.05) is 18.2 Å². The lowest BCUT2D eigenvalue weighted by Crippen LogP contribution is -2.35. The van der Waals surface area contributed by atoms with Crippen molar-refractivity contribution in [3.05, 3.63) is 100 Å². The van der Waals surface area contributed by atoms with E-state index in [-0.39, 0.29) is 11.4 Å². The number of hydrogen-bond donors (Lipinski definition) is 3. The van der Waals surface area contributed by atoms with Crippen LogP contribution >= 0.6 is 0 Å². The van der Waals surface area contributed by atoms with Gasteiger partial charge in [0.25, 0.3) is 0 Å². The Labute approximate surface area is 242 Å². The van der Waals surface area contributed by atoms with E-state index in [0.717, 1.165) is 16.2 Å². The first-order valence-corrected chi connectivity index (χ1v) is 13.3. The first-order valence-electron chi connectivity index (χ1n) is 13.3. The van der Waals surface area contributed by atoms with Crippen LogP contribution in [0.5, 0.6) is 11.6 Å². The highest BCUT2D eigenvalue weighted by Crippen LogP contribution is 2.35. The van der Waals surface area contributed by atoms with E-state index in [1.54, 1.807) is 50.4 Å². The number of amides is 1. The van der Waals surface area contributed by atoms with Crippen LogP contribution in [0.1, 0.15) is 30.0 Å². The molecule has 218 valence electrons. The van der Waals surface area contributed by atoms with E-state index < -0.39 is 35.3 Å². The highest BCUT2D eigenvalue weighted by Gasteiger charge is 2.33. The molecule has 0 radical (unpaired) electrons. The molecule has 1 amide bonds. The molecule has 1 unspecified atom stereocenters. The number of carbonyl (C=O) groups excluding carboxylic acids is 1. The molecule has 4 rings (SSSR count). The van der Waals surface area contributed by atoms with Crippen molar-refractivity contribution in [3.63, 3.8) is 0 Å². The molecule has 0 aliphatic heterocycles. The zero-order chi connectivity index (χ0) is 30.1. The smallest absolute Gasteiger partial charge is 0.329 e. The zero-order valence-electron chi connectivity index (χ0n) is 23.3. The molecule has 2 atom stereocenters. The van der Waals surface area contributed by atoms with Crippen LogP contribution in [0.2, 0.25) is 0 Å². The number of ether oxygens (including phenoxy) is 3. The van der Waals surface area contributed by atoms with E-state index in [0.29, 0.717) is 43.3 Å². The van der Waals surface area contributed by atoms with Crippen molar-refractivity contribution in [2.75, 3.05) is 38.9 Å². The molecule has 0 aliphatic carbocycles.